The maximum atomic E-state index is 6.46. The number of anilines is 1. The van der Waals surface area contributed by atoms with Crippen molar-refractivity contribution in [3.63, 3.8) is 0 Å². The second-order valence-corrected chi connectivity index (χ2v) is 7.01. The average molecular weight is 351 g/mol. The number of fused-ring (bicyclic) bond motifs is 3. The summed E-state index contributed by atoms with van der Waals surface area (Å²) in [5.41, 5.74) is 3.32. The van der Waals surface area contributed by atoms with Crippen molar-refractivity contribution in [2.75, 3.05) is 5.32 Å². The molecule has 3 atom stereocenters. The van der Waals surface area contributed by atoms with Gasteiger partial charge < -0.3 is 5.32 Å². The van der Waals surface area contributed by atoms with E-state index in [0.717, 1.165) is 22.7 Å². The summed E-state index contributed by atoms with van der Waals surface area (Å²) >= 11 is 19.1. The van der Waals surface area contributed by atoms with Crippen LogP contribution in [0.1, 0.15) is 29.5 Å². The molecule has 0 unspecified atom stereocenters. The minimum absolute atomic E-state index is 0.110. The van der Waals surface area contributed by atoms with Crippen molar-refractivity contribution in [1.82, 2.24) is 0 Å². The molecule has 0 fully saturated rings. The van der Waals surface area contributed by atoms with Crippen LogP contribution in [-0.4, -0.2) is 0 Å². The Morgan fingerprint density at radius 2 is 1.64 bits per heavy atom. The lowest BCUT2D eigenvalue weighted by Crippen LogP contribution is -2.29. The van der Waals surface area contributed by atoms with Crippen LogP contribution in [0.15, 0.2) is 48.6 Å². The van der Waals surface area contributed by atoms with Crippen LogP contribution in [0.25, 0.3) is 0 Å². The molecule has 1 aliphatic carbocycles. The van der Waals surface area contributed by atoms with Gasteiger partial charge in [-0.3, -0.25) is 0 Å². The maximum absolute atomic E-state index is 6.46. The van der Waals surface area contributed by atoms with Crippen LogP contribution >= 0.6 is 34.8 Å². The quantitative estimate of drug-likeness (QED) is 0.581. The van der Waals surface area contributed by atoms with Gasteiger partial charge in [-0.25, -0.2) is 0 Å². The fourth-order valence-electron chi connectivity index (χ4n) is 3.65. The number of allylic oxidation sites excluding steroid dienone is 2. The Morgan fingerprint density at radius 3 is 2.45 bits per heavy atom. The SMILES string of the molecule is Clc1cccc([C@@H]2Nc3c(Cl)cccc3[C@@H]3C=CC[C@@H]32)c1Cl. The number of benzene rings is 2. The highest BCUT2D eigenvalue weighted by molar-refractivity contribution is 6.42. The third-order valence-corrected chi connectivity index (χ3v) is 5.81. The zero-order valence-electron chi connectivity index (χ0n) is 11.7. The van der Waals surface area contributed by atoms with Gasteiger partial charge in [-0.1, -0.05) is 71.2 Å². The van der Waals surface area contributed by atoms with Crippen molar-refractivity contribution in [2.24, 2.45) is 5.92 Å². The summed E-state index contributed by atoms with van der Waals surface area (Å²) in [4.78, 5) is 0. The predicted molar refractivity (Wildman–Crippen MR) is 94.3 cm³/mol. The van der Waals surface area contributed by atoms with E-state index in [1.165, 1.54) is 5.56 Å². The fourth-order valence-corrected chi connectivity index (χ4v) is 4.31. The molecule has 0 amide bonds. The molecule has 22 heavy (non-hydrogen) atoms. The van der Waals surface area contributed by atoms with E-state index in [1.807, 2.05) is 30.3 Å². The summed E-state index contributed by atoms with van der Waals surface area (Å²) in [6, 6.07) is 12.0. The molecule has 0 radical (unpaired) electrons. The van der Waals surface area contributed by atoms with Crippen LogP contribution in [0.3, 0.4) is 0 Å². The molecule has 2 aromatic carbocycles. The monoisotopic (exact) mass is 349 g/mol. The lowest BCUT2D eigenvalue weighted by atomic mass is 9.77. The van der Waals surface area contributed by atoms with Crippen LogP contribution in [0.5, 0.6) is 0 Å². The Morgan fingerprint density at radius 1 is 0.909 bits per heavy atom. The maximum Gasteiger partial charge on any atom is 0.0645 e. The molecule has 0 bridgehead atoms. The first-order valence-electron chi connectivity index (χ1n) is 7.32. The first-order chi connectivity index (χ1) is 10.7. The highest BCUT2D eigenvalue weighted by Crippen LogP contribution is 2.52. The second-order valence-electron chi connectivity index (χ2n) is 5.82. The van der Waals surface area contributed by atoms with E-state index in [2.05, 4.69) is 23.5 Å². The molecule has 0 saturated heterocycles. The van der Waals surface area contributed by atoms with Crippen molar-refractivity contribution < 1.29 is 0 Å². The molecule has 2 aromatic rings. The van der Waals surface area contributed by atoms with Crippen LogP contribution in [0.4, 0.5) is 5.69 Å². The van der Waals surface area contributed by atoms with E-state index < -0.39 is 0 Å². The number of para-hydroxylation sites is 1. The average Bonchev–Trinajstić information content (AvgIpc) is 3.00. The van der Waals surface area contributed by atoms with Crippen LogP contribution < -0.4 is 5.32 Å². The summed E-state index contributed by atoms with van der Waals surface area (Å²) in [6.45, 7) is 0. The summed E-state index contributed by atoms with van der Waals surface area (Å²) < 4.78 is 0. The van der Waals surface area contributed by atoms with Crippen molar-refractivity contribution >= 4 is 40.5 Å². The van der Waals surface area contributed by atoms with Gasteiger partial charge in [0.2, 0.25) is 0 Å². The Bertz CT molecular complexity index is 769. The number of rotatable bonds is 1. The van der Waals surface area contributed by atoms with E-state index in [1.54, 1.807) is 0 Å². The summed E-state index contributed by atoms with van der Waals surface area (Å²) in [5.74, 6) is 0.803. The van der Waals surface area contributed by atoms with Gasteiger partial charge in [-0.15, -0.1) is 0 Å². The Hall–Kier alpha value is -1.15. The van der Waals surface area contributed by atoms with Gasteiger partial charge in [0, 0.05) is 5.92 Å². The van der Waals surface area contributed by atoms with Crippen LogP contribution in [0.2, 0.25) is 15.1 Å². The molecule has 0 saturated carbocycles. The lowest BCUT2D eigenvalue weighted by Gasteiger charge is -2.38. The fraction of sp³-hybridized carbons (Fsp3) is 0.222. The molecular formula is C18H14Cl3N. The third-order valence-electron chi connectivity index (χ3n) is 4.66. The lowest BCUT2D eigenvalue weighted by molar-refractivity contribution is 0.426. The topological polar surface area (TPSA) is 12.0 Å². The molecule has 2 aliphatic rings. The zero-order valence-corrected chi connectivity index (χ0v) is 14.0. The first kappa shape index (κ1) is 14.4. The molecule has 112 valence electrons. The molecule has 0 spiro atoms. The predicted octanol–water partition coefficient (Wildman–Crippen LogP) is 6.47. The minimum Gasteiger partial charge on any atom is -0.376 e. The summed E-state index contributed by atoms with van der Waals surface area (Å²) in [7, 11) is 0. The number of hydrogen-bond donors (Lipinski definition) is 1. The van der Waals surface area contributed by atoms with Gasteiger partial charge in [-0.2, -0.15) is 0 Å². The second kappa shape index (κ2) is 5.49. The molecule has 4 rings (SSSR count). The van der Waals surface area contributed by atoms with Crippen LogP contribution in [0, 0.1) is 5.92 Å². The van der Waals surface area contributed by atoms with E-state index in [-0.39, 0.29) is 6.04 Å². The minimum atomic E-state index is 0.110. The number of halogens is 3. The molecule has 4 heteroatoms. The van der Waals surface area contributed by atoms with Gasteiger partial charge in [-0.05, 0) is 35.6 Å². The molecule has 1 heterocycles. The number of nitrogens with one attached hydrogen (secondary N) is 1. The van der Waals surface area contributed by atoms with E-state index in [4.69, 9.17) is 34.8 Å². The highest BCUT2D eigenvalue weighted by atomic mass is 35.5. The van der Waals surface area contributed by atoms with Gasteiger partial charge in [0.1, 0.15) is 0 Å². The molecular weight excluding hydrogens is 337 g/mol. The normalized spacial score (nSPS) is 25.5. The highest BCUT2D eigenvalue weighted by Gasteiger charge is 2.39. The molecule has 1 aliphatic heterocycles. The van der Waals surface area contributed by atoms with Gasteiger partial charge in [0.05, 0.1) is 26.8 Å². The first-order valence-corrected chi connectivity index (χ1v) is 8.45. The van der Waals surface area contributed by atoms with Crippen molar-refractivity contribution in [2.45, 2.75) is 18.4 Å². The summed E-state index contributed by atoms with van der Waals surface area (Å²) in [5, 5.41) is 5.57. The van der Waals surface area contributed by atoms with Crippen molar-refractivity contribution in [1.29, 1.82) is 0 Å². The Balaban J connectivity index is 1.86. The summed E-state index contributed by atoms with van der Waals surface area (Å²) in [6.07, 6.45) is 5.56. The van der Waals surface area contributed by atoms with E-state index >= 15 is 0 Å². The van der Waals surface area contributed by atoms with Crippen molar-refractivity contribution in [3.05, 3.63) is 74.7 Å². The van der Waals surface area contributed by atoms with Gasteiger partial charge in [0.15, 0.2) is 0 Å². The molecule has 1 nitrogen and oxygen atoms in total. The standard InChI is InChI=1S/C18H14Cl3N/c19-14-8-3-7-13(16(14)21)17-11-5-1-4-10(11)12-6-2-9-15(20)18(12)22-17/h1-4,6-11,17,22H,5H2/t10-,11+,17-/m1/s1. The van der Waals surface area contributed by atoms with Crippen LogP contribution in [-0.2, 0) is 0 Å². The number of hydrogen-bond acceptors (Lipinski definition) is 1. The third kappa shape index (κ3) is 2.15. The zero-order chi connectivity index (χ0) is 15.3. The molecule has 0 aromatic heterocycles. The largest absolute Gasteiger partial charge is 0.376 e. The van der Waals surface area contributed by atoms with Gasteiger partial charge >= 0.3 is 0 Å². The Labute approximate surface area is 144 Å². The van der Waals surface area contributed by atoms with Gasteiger partial charge in [0.25, 0.3) is 0 Å². The smallest absolute Gasteiger partial charge is 0.0645 e. The Kier molecular flexibility index (Phi) is 3.60. The van der Waals surface area contributed by atoms with E-state index in [9.17, 15) is 0 Å². The van der Waals surface area contributed by atoms with E-state index in [0.29, 0.717) is 21.9 Å². The molecule has 1 N–H and O–H groups in total. The van der Waals surface area contributed by atoms with Crippen molar-refractivity contribution in [3.8, 4) is 0 Å².